The molecule has 0 unspecified atom stereocenters. The Morgan fingerprint density at radius 1 is 1.13 bits per heavy atom. The van der Waals surface area contributed by atoms with E-state index in [1.165, 1.54) is 10.1 Å². The fraction of sp³-hybridized carbons (Fsp3) is 0.111. The summed E-state index contributed by atoms with van der Waals surface area (Å²) < 4.78 is 1.43. The van der Waals surface area contributed by atoms with Crippen LogP contribution in [0.15, 0.2) is 60.9 Å². The van der Waals surface area contributed by atoms with Crippen LogP contribution in [-0.4, -0.2) is 22.6 Å². The molecular weight excluding hydrogens is 356 g/mol. The van der Waals surface area contributed by atoms with Gasteiger partial charge in [-0.25, -0.2) is 3.93 Å². The maximum absolute atomic E-state index is 12.6. The molecule has 0 fully saturated rings. The van der Waals surface area contributed by atoms with Crippen LogP contribution in [-0.2, 0) is 6.42 Å². The van der Waals surface area contributed by atoms with Crippen LogP contribution in [0.1, 0.15) is 15.9 Å². The Morgan fingerprint density at radius 2 is 1.96 bits per heavy atom. The Hall–Kier alpha value is -2.24. The molecule has 0 saturated heterocycles. The van der Waals surface area contributed by atoms with Gasteiger partial charge < -0.3 is 5.11 Å². The number of hydrogen-bond acceptors (Lipinski definition) is 3. The van der Waals surface area contributed by atoms with Gasteiger partial charge in [0.05, 0.1) is 27.4 Å². The maximum Gasteiger partial charge on any atom is 0.269 e. The van der Waals surface area contributed by atoms with E-state index >= 15 is 0 Å². The number of rotatable bonds is 4. The molecule has 0 aliphatic rings. The standard InChI is InChI=1S/C18H15BrN2O2/c19-21(18(23)14-5-3-10-20-12-14)17-8-7-13-4-1-2-6-15(13)16(17)9-11-22/h1-8,10,12,22H,9,11H2. The summed E-state index contributed by atoms with van der Waals surface area (Å²) in [6.45, 7) is 0.0168. The van der Waals surface area contributed by atoms with Crippen molar-refractivity contribution in [3.8, 4) is 0 Å². The highest BCUT2D eigenvalue weighted by Crippen LogP contribution is 2.32. The fourth-order valence-electron chi connectivity index (χ4n) is 2.59. The van der Waals surface area contributed by atoms with Crippen molar-refractivity contribution >= 4 is 38.5 Å². The van der Waals surface area contributed by atoms with Gasteiger partial charge in [0, 0.05) is 19.0 Å². The average Bonchev–Trinajstić information content (AvgIpc) is 2.62. The highest BCUT2D eigenvalue weighted by Gasteiger charge is 2.19. The minimum Gasteiger partial charge on any atom is -0.396 e. The second kappa shape index (κ2) is 6.89. The summed E-state index contributed by atoms with van der Waals surface area (Å²) in [6.07, 6.45) is 3.63. The highest BCUT2D eigenvalue weighted by molar-refractivity contribution is 9.10. The molecule has 0 atom stereocenters. The number of carbonyl (C=O) groups excluding carboxylic acids is 1. The molecule has 4 nitrogen and oxygen atoms in total. The molecule has 0 aliphatic carbocycles. The Labute approximate surface area is 142 Å². The number of pyridine rings is 1. The van der Waals surface area contributed by atoms with E-state index < -0.39 is 0 Å². The zero-order chi connectivity index (χ0) is 16.2. The molecule has 1 heterocycles. The number of carbonyl (C=O) groups is 1. The third-order valence-corrected chi connectivity index (χ3v) is 4.38. The minimum atomic E-state index is -0.201. The van der Waals surface area contributed by atoms with Crippen LogP contribution >= 0.6 is 16.1 Å². The van der Waals surface area contributed by atoms with E-state index in [9.17, 15) is 9.90 Å². The van der Waals surface area contributed by atoms with Gasteiger partial charge in [-0.15, -0.1) is 0 Å². The molecule has 3 aromatic rings. The topological polar surface area (TPSA) is 53.4 Å². The van der Waals surface area contributed by atoms with E-state index in [-0.39, 0.29) is 12.5 Å². The lowest BCUT2D eigenvalue weighted by atomic mass is 10.00. The first-order valence-electron chi connectivity index (χ1n) is 7.24. The second-order valence-electron chi connectivity index (χ2n) is 5.09. The van der Waals surface area contributed by atoms with Crippen LogP contribution in [0.3, 0.4) is 0 Å². The number of benzene rings is 2. The van der Waals surface area contributed by atoms with E-state index in [0.717, 1.165) is 22.0 Å². The SMILES string of the molecule is O=C(c1cccnc1)N(Br)c1ccc2ccccc2c1CCO. The Balaban J connectivity index is 2.08. The monoisotopic (exact) mass is 370 g/mol. The molecule has 23 heavy (non-hydrogen) atoms. The third kappa shape index (κ3) is 3.11. The lowest BCUT2D eigenvalue weighted by Crippen LogP contribution is -2.21. The molecule has 1 N–H and O–H groups in total. The van der Waals surface area contributed by atoms with Gasteiger partial charge in [0.15, 0.2) is 0 Å². The van der Waals surface area contributed by atoms with Gasteiger partial charge in [-0.1, -0.05) is 30.3 Å². The predicted molar refractivity (Wildman–Crippen MR) is 94.7 cm³/mol. The average molecular weight is 371 g/mol. The van der Waals surface area contributed by atoms with E-state index in [1.54, 1.807) is 18.3 Å². The first kappa shape index (κ1) is 15.6. The highest BCUT2D eigenvalue weighted by atomic mass is 79.9. The Kier molecular flexibility index (Phi) is 4.69. The Morgan fingerprint density at radius 3 is 2.70 bits per heavy atom. The molecular formula is C18H15BrN2O2. The third-order valence-electron chi connectivity index (χ3n) is 3.68. The molecule has 2 aromatic carbocycles. The summed E-state index contributed by atoms with van der Waals surface area (Å²) in [6, 6.07) is 15.2. The predicted octanol–water partition coefficient (Wildman–Crippen LogP) is 3.73. The van der Waals surface area contributed by atoms with Gasteiger partial charge in [0.25, 0.3) is 5.91 Å². The number of nitrogens with zero attached hydrogens (tertiary/aromatic N) is 2. The number of aromatic nitrogens is 1. The smallest absolute Gasteiger partial charge is 0.269 e. The molecule has 0 radical (unpaired) electrons. The summed E-state index contributed by atoms with van der Waals surface area (Å²) in [5.41, 5.74) is 2.15. The zero-order valence-corrected chi connectivity index (χ0v) is 13.9. The summed E-state index contributed by atoms with van der Waals surface area (Å²) >= 11 is 3.37. The summed E-state index contributed by atoms with van der Waals surface area (Å²) in [4.78, 5) is 16.6. The molecule has 0 aliphatic heterocycles. The van der Waals surface area contributed by atoms with Crippen molar-refractivity contribution in [2.24, 2.45) is 0 Å². The molecule has 3 rings (SSSR count). The van der Waals surface area contributed by atoms with Crippen LogP contribution in [0.5, 0.6) is 0 Å². The molecule has 0 bridgehead atoms. The first-order chi connectivity index (χ1) is 11.2. The van der Waals surface area contributed by atoms with Crippen LogP contribution < -0.4 is 3.93 Å². The zero-order valence-electron chi connectivity index (χ0n) is 12.3. The van der Waals surface area contributed by atoms with Crippen LogP contribution in [0.2, 0.25) is 0 Å². The molecule has 1 amide bonds. The van der Waals surface area contributed by atoms with Crippen molar-refractivity contribution in [2.75, 3.05) is 10.5 Å². The van der Waals surface area contributed by atoms with E-state index in [1.807, 2.05) is 36.4 Å². The van der Waals surface area contributed by atoms with Crippen molar-refractivity contribution < 1.29 is 9.90 Å². The van der Waals surface area contributed by atoms with Crippen LogP contribution in [0.4, 0.5) is 5.69 Å². The van der Waals surface area contributed by atoms with E-state index in [0.29, 0.717) is 12.0 Å². The van der Waals surface area contributed by atoms with Crippen LogP contribution in [0.25, 0.3) is 10.8 Å². The number of aliphatic hydroxyl groups excluding tert-OH is 1. The summed E-state index contributed by atoms with van der Waals surface area (Å²) in [5.74, 6) is -0.201. The summed E-state index contributed by atoms with van der Waals surface area (Å²) in [5, 5.41) is 11.5. The van der Waals surface area contributed by atoms with Crippen molar-refractivity contribution in [3.05, 3.63) is 72.1 Å². The number of halogens is 1. The number of aliphatic hydroxyl groups is 1. The molecule has 0 saturated carbocycles. The van der Waals surface area contributed by atoms with Gasteiger partial charge in [-0.3, -0.25) is 9.78 Å². The minimum absolute atomic E-state index is 0.0168. The van der Waals surface area contributed by atoms with Crippen molar-refractivity contribution in [2.45, 2.75) is 6.42 Å². The second-order valence-corrected chi connectivity index (χ2v) is 5.79. The summed E-state index contributed by atoms with van der Waals surface area (Å²) in [7, 11) is 0. The number of hydrogen-bond donors (Lipinski definition) is 1. The van der Waals surface area contributed by atoms with Crippen molar-refractivity contribution in [1.29, 1.82) is 0 Å². The van der Waals surface area contributed by atoms with Crippen LogP contribution in [0, 0.1) is 0 Å². The number of fused-ring (bicyclic) bond motifs is 1. The van der Waals surface area contributed by atoms with Gasteiger partial charge in [0.2, 0.25) is 0 Å². The number of amides is 1. The number of anilines is 1. The Bertz CT molecular complexity index is 837. The lowest BCUT2D eigenvalue weighted by molar-refractivity contribution is 0.101. The normalized spacial score (nSPS) is 10.7. The van der Waals surface area contributed by atoms with Gasteiger partial charge >= 0.3 is 0 Å². The fourth-order valence-corrected chi connectivity index (χ4v) is 3.13. The molecule has 0 spiro atoms. The largest absolute Gasteiger partial charge is 0.396 e. The van der Waals surface area contributed by atoms with Crippen molar-refractivity contribution in [1.82, 2.24) is 4.98 Å². The van der Waals surface area contributed by atoms with E-state index in [2.05, 4.69) is 21.1 Å². The lowest BCUT2D eigenvalue weighted by Gasteiger charge is -2.20. The quantitative estimate of drug-likeness (QED) is 0.711. The maximum atomic E-state index is 12.6. The van der Waals surface area contributed by atoms with Gasteiger partial charge in [0.1, 0.15) is 0 Å². The molecule has 116 valence electrons. The van der Waals surface area contributed by atoms with Gasteiger partial charge in [-0.2, -0.15) is 0 Å². The molecule has 5 heteroatoms. The van der Waals surface area contributed by atoms with Gasteiger partial charge in [-0.05, 0) is 41.0 Å². The van der Waals surface area contributed by atoms with E-state index in [4.69, 9.17) is 0 Å². The molecule has 1 aromatic heterocycles. The first-order valence-corrected chi connectivity index (χ1v) is 7.95. The van der Waals surface area contributed by atoms with Crippen molar-refractivity contribution in [3.63, 3.8) is 0 Å².